The molecule has 3 fully saturated rings. The van der Waals surface area contributed by atoms with Gasteiger partial charge in [0.05, 0.1) is 0 Å². The molecule has 2 aromatic rings. The van der Waals surface area contributed by atoms with Crippen molar-refractivity contribution in [3.63, 3.8) is 0 Å². The molecule has 0 spiro atoms. The number of hydrogen-bond donors (Lipinski definition) is 3. The Labute approximate surface area is 259 Å². The van der Waals surface area contributed by atoms with Gasteiger partial charge in [0.1, 0.15) is 11.9 Å². The standard InChI is InChI=1S/C33H46FN5O5/c1-37(33(42)36-19-23-10-12-29(13-11-23)43-44-35)28-14-16-38(17-15-28)20-26-21-39(22-30(26)25-8-5-9-27(34)18-25)31(32(40)41)24-6-3-2-4-7-24/h5,8-13,18,24,26,28,30-31H,2-4,6-7,14-17,19-22,35H2,1H3,(H,36,42)(H,40,41)/t26-,30+,31+/m0/s1. The summed E-state index contributed by atoms with van der Waals surface area (Å²) in [7, 11) is 1.84. The van der Waals surface area contributed by atoms with Crippen LogP contribution in [0.3, 0.4) is 0 Å². The Kier molecular flexibility index (Phi) is 11.1. The number of halogens is 1. The van der Waals surface area contributed by atoms with Crippen LogP contribution in [0, 0.1) is 17.7 Å². The molecule has 2 saturated heterocycles. The molecule has 4 N–H and O–H groups in total. The van der Waals surface area contributed by atoms with Gasteiger partial charge >= 0.3 is 12.0 Å². The third kappa shape index (κ3) is 8.06. The van der Waals surface area contributed by atoms with Crippen LogP contribution in [0.15, 0.2) is 48.5 Å². The number of nitrogens with two attached hydrogens (primary N) is 1. The van der Waals surface area contributed by atoms with Crippen molar-refractivity contribution >= 4 is 12.0 Å². The van der Waals surface area contributed by atoms with Crippen molar-refractivity contribution in [2.45, 2.75) is 69.5 Å². The molecular formula is C33H46FN5O5. The predicted molar refractivity (Wildman–Crippen MR) is 164 cm³/mol. The lowest BCUT2D eigenvalue weighted by atomic mass is 9.83. The van der Waals surface area contributed by atoms with Gasteiger partial charge in [-0.3, -0.25) is 9.69 Å². The van der Waals surface area contributed by atoms with Crippen molar-refractivity contribution in [1.82, 2.24) is 20.0 Å². The number of likely N-dealkylation sites (tertiary alicyclic amines) is 2. The second kappa shape index (κ2) is 15.2. The average molecular weight is 612 g/mol. The quantitative estimate of drug-likeness (QED) is 0.253. The Morgan fingerprint density at radius 1 is 1.07 bits per heavy atom. The topological polar surface area (TPSA) is 121 Å². The molecule has 2 heterocycles. The number of hydrogen-bond acceptors (Lipinski definition) is 7. The van der Waals surface area contributed by atoms with E-state index in [0.717, 1.165) is 69.3 Å². The number of carbonyl (C=O) groups excluding carboxylic acids is 1. The highest BCUT2D eigenvalue weighted by Crippen LogP contribution is 2.39. The number of carboxylic acids is 1. The monoisotopic (exact) mass is 611 g/mol. The summed E-state index contributed by atoms with van der Waals surface area (Å²) in [6, 6.07) is 13.5. The SMILES string of the molecule is CN(C(=O)NCc1ccc(OON)cc1)C1CCN(C[C@H]2CN([C@@H](C(=O)O)C3CCCCC3)C[C@@H]2c2cccc(F)c2)CC1. The molecule has 2 aliphatic heterocycles. The van der Waals surface area contributed by atoms with Gasteiger partial charge in [-0.15, -0.1) is 0 Å². The van der Waals surface area contributed by atoms with Crippen LogP contribution in [0.25, 0.3) is 0 Å². The number of nitrogens with zero attached hydrogens (tertiary/aromatic N) is 3. The molecule has 1 aliphatic carbocycles. The maximum absolute atomic E-state index is 14.3. The number of carboxylic acid groups (broad SMARTS) is 1. The van der Waals surface area contributed by atoms with Crippen LogP contribution >= 0.6 is 0 Å². The first-order valence-electron chi connectivity index (χ1n) is 15.9. The molecule has 3 aliphatic rings. The van der Waals surface area contributed by atoms with E-state index in [0.29, 0.717) is 25.4 Å². The van der Waals surface area contributed by atoms with E-state index in [1.807, 2.05) is 25.2 Å². The maximum Gasteiger partial charge on any atom is 0.321 e. The first-order valence-corrected chi connectivity index (χ1v) is 15.9. The van der Waals surface area contributed by atoms with Crippen LogP contribution in [0.4, 0.5) is 9.18 Å². The van der Waals surface area contributed by atoms with E-state index in [1.165, 1.54) is 12.5 Å². The van der Waals surface area contributed by atoms with Crippen LogP contribution in [0.5, 0.6) is 5.75 Å². The van der Waals surface area contributed by atoms with Crippen molar-refractivity contribution in [2.75, 3.05) is 39.8 Å². The van der Waals surface area contributed by atoms with Gasteiger partial charge in [-0.1, -0.05) is 48.5 Å². The van der Waals surface area contributed by atoms with E-state index < -0.39 is 12.0 Å². The number of piperidine rings is 1. The molecule has 44 heavy (non-hydrogen) atoms. The van der Waals surface area contributed by atoms with E-state index in [2.05, 4.69) is 20.1 Å². The second-order valence-corrected chi connectivity index (χ2v) is 12.7. The van der Waals surface area contributed by atoms with E-state index in [4.69, 9.17) is 10.8 Å². The lowest BCUT2D eigenvalue weighted by Gasteiger charge is -2.38. The van der Waals surface area contributed by atoms with Crippen molar-refractivity contribution in [2.24, 2.45) is 17.7 Å². The lowest BCUT2D eigenvalue weighted by Crippen LogP contribution is -2.49. The fraction of sp³-hybridized carbons (Fsp3) is 0.576. The van der Waals surface area contributed by atoms with Crippen molar-refractivity contribution in [3.8, 4) is 5.75 Å². The predicted octanol–water partition coefficient (Wildman–Crippen LogP) is 4.36. The Bertz CT molecular complexity index is 1240. The summed E-state index contributed by atoms with van der Waals surface area (Å²) in [6.45, 7) is 4.26. The summed E-state index contributed by atoms with van der Waals surface area (Å²) in [5, 5.41) is 13.3. The summed E-state index contributed by atoms with van der Waals surface area (Å²) < 4.78 is 14.3. The number of benzene rings is 2. The molecule has 0 bridgehead atoms. The van der Waals surface area contributed by atoms with Crippen LogP contribution in [0.2, 0.25) is 0 Å². The van der Waals surface area contributed by atoms with Crippen LogP contribution in [-0.2, 0) is 16.3 Å². The van der Waals surface area contributed by atoms with Gasteiger partial charge in [0.2, 0.25) is 0 Å². The van der Waals surface area contributed by atoms with Crippen LogP contribution in [-0.4, -0.2) is 83.7 Å². The minimum Gasteiger partial charge on any atom is -0.480 e. The summed E-state index contributed by atoms with van der Waals surface area (Å²) in [5.41, 5.74) is 1.88. The normalized spacial score (nSPS) is 22.9. The maximum atomic E-state index is 14.3. The summed E-state index contributed by atoms with van der Waals surface area (Å²) >= 11 is 0. The van der Waals surface area contributed by atoms with Gasteiger partial charge < -0.3 is 25.1 Å². The summed E-state index contributed by atoms with van der Waals surface area (Å²) in [6.07, 6.45) is 7.00. The molecule has 2 aromatic carbocycles. The van der Waals surface area contributed by atoms with E-state index >= 15 is 0 Å². The van der Waals surface area contributed by atoms with Crippen LogP contribution in [0.1, 0.15) is 62.0 Å². The number of aliphatic carboxylic acids is 1. The average Bonchev–Trinajstić information content (AvgIpc) is 3.44. The van der Waals surface area contributed by atoms with Gasteiger partial charge in [0.15, 0.2) is 5.75 Å². The molecule has 0 unspecified atom stereocenters. The Hall–Kier alpha value is -3.25. The molecule has 1 saturated carbocycles. The molecule has 3 atom stereocenters. The van der Waals surface area contributed by atoms with Crippen molar-refractivity contribution in [1.29, 1.82) is 0 Å². The Morgan fingerprint density at radius 3 is 2.45 bits per heavy atom. The van der Waals surface area contributed by atoms with Crippen LogP contribution < -0.4 is 16.1 Å². The zero-order valence-corrected chi connectivity index (χ0v) is 25.6. The van der Waals surface area contributed by atoms with E-state index in [1.54, 1.807) is 29.2 Å². The van der Waals surface area contributed by atoms with Crippen molar-refractivity contribution in [3.05, 3.63) is 65.5 Å². The minimum absolute atomic E-state index is 0.0748. The molecule has 5 rings (SSSR count). The summed E-state index contributed by atoms with van der Waals surface area (Å²) in [5.74, 6) is 4.85. The van der Waals surface area contributed by atoms with Gasteiger partial charge in [-0.2, -0.15) is 5.90 Å². The number of nitrogens with one attached hydrogen (secondary N) is 1. The number of carbonyl (C=O) groups is 2. The fourth-order valence-corrected chi connectivity index (χ4v) is 7.54. The number of urea groups is 1. The largest absolute Gasteiger partial charge is 0.480 e. The summed E-state index contributed by atoms with van der Waals surface area (Å²) in [4.78, 5) is 40.8. The third-order valence-electron chi connectivity index (χ3n) is 9.92. The van der Waals surface area contributed by atoms with Gasteiger partial charge in [0.25, 0.3) is 0 Å². The zero-order chi connectivity index (χ0) is 31.1. The molecule has 240 valence electrons. The van der Waals surface area contributed by atoms with Gasteiger partial charge in [-0.05, 0) is 72.9 Å². The first kappa shape index (κ1) is 32.2. The first-order chi connectivity index (χ1) is 21.3. The highest BCUT2D eigenvalue weighted by molar-refractivity contribution is 5.74. The molecule has 11 heteroatoms. The Balaban J connectivity index is 1.17. The van der Waals surface area contributed by atoms with Crippen molar-refractivity contribution < 1.29 is 29.0 Å². The molecular weight excluding hydrogens is 565 g/mol. The minimum atomic E-state index is -0.732. The zero-order valence-electron chi connectivity index (χ0n) is 25.6. The van der Waals surface area contributed by atoms with Gasteiger partial charge in [0, 0.05) is 58.3 Å². The number of rotatable bonds is 11. The van der Waals surface area contributed by atoms with E-state index in [-0.39, 0.29) is 35.6 Å². The lowest BCUT2D eigenvalue weighted by molar-refractivity contribution is -0.211. The number of amides is 2. The Morgan fingerprint density at radius 2 is 1.80 bits per heavy atom. The second-order valence-electron chi connectivity index (χ2n) is 12.7. The van der Waals surface area contributed by atoms with Gasteiger partial charge in [-0.25, -0.2) is 9.18 Å². The third-order valence-corrected chi connectivity index (χ3v) is 9.92. The smallest absolute Gasteiger partial charge is 0.321 e. The molecule has 10 nitrogen and oxygen atoms in total. The highest BCUT2D eigenvalue weighted by atomic mass is 19.1. The molecule has 0 radical (unpaired) electrons. The fourth-order valence-electron chi connectivity index (χ4n) is 7.54. The molecule has 2 amide bonds. The molecule has 0 aromatic heterocycles. The van der Waals surface area contributed by atoms with E-state index in [9.17, 15) is 19.1 Å². The highest BCUT2D eigenvalue weighted by Gasteiger charge is 2.43.